The van der Waals surface area contributed by atoms with Crippen LogP contribution in [0.3, 0.4) is 0 Å². The number of aliphatic hydroxyl groups excluding tert-OH is 9. The lowest BCUT2D eigenvalue weighted by molar-refractivity contribution is -0.360. The second-order valence-electron chi connectivity index (χ2n) is 33.1. The van der Waals surface area contributed by atoms with E-state index in [0.29, 0.717) is 38.0 Å². The molecule has 0 aromatic carbocycles. The normalized spacial score (nSPS) is 25.7. The van der Waals surface area contributed by atoms with Crippen LogP contribution < -0.4 is 0 Å². The van der Waals surface area contributed by atoms with Gasteiger partial charge in [-0.15, -0.1) is 0 Å². The summed E-state index contributed by atoms with van der Waals surface area (Å²) in [4.78, 5) is 66.3. The predicted octanol–water partition coefficient (Wildman–Crippen LogP) is 16.2. The number of carbonyl (C=O) groups is 4. The number of aliphatic hydroxyl groups is 9. The van der Waals surface area contributed by atoms with Gasteiger partial charge in [0, 0.05) is 25.7 Å². The third-order valence-corrected chi connectivity index (χ3v) is 23.7. The molecule has 3 rings (SSSR count). The Morgan fingerprint density at radius 3 is 1.14 bits per heavy atom. The Hall–Kier alpha value is -2.79. The number of unbranched alkanes of at least 4 members (excludes halogenated alkanes) is 43. The van der Waals surface area contributed by atoms with E-state index in [4.69, 9.17) is 46.9 Å². The quantitative estimate of drug-likeness (QED) is 0.00889. The van der Waals surface area contributed by atoms with Crippen LogP contribution in [0.15, 0.2) is 12.2 Å². The minimum absolute atomic E-state index is 0.0160. The van der Waals surface area contributed by atoms with Crippen LogP contribution in [0.4, 0.5) is 0 Å². The summed E-state index contributed by atoms with van der Waals surface area (Å²) in [5, 5.41) is 102. The topological polar surface area (TPSA) is 380 Å². The van der Waals surface area contributed by atoms with Gasteiger partial charge in [0.15, 0.2) is 24.8 Å². The minimum atomic E-state index is -5.81. The van der Waals surface area contributed by atoms with Crippen LogP contribution >= 0.6 is 7.82 Å². The maximum atomic E-state index is 14.9. The van der Waals surface area contributed by atoms with Crippen molar-refractivity contribution in [1.82, 2.24) is 0 Å². The Balaban J connectivity index is 1.94. The number of phosphoric ester groups is 1. The van der Waals surface area contributed by atoms with Crippen LogP contribution in [0, 0.1) is 5.92 Å². The summed E-state index contributed by atoms with van der Waals surface area (Å²) in [5.41, 5.74) is 0. The number of carbonyl (C=O) groups excluding carboxylic acids is 4. The zero-order valence-electron chi connectivity index (χ0n) is 71.3. The molecule has 3 fully saturated rings. The number of hydrogen-bond acceptors (Lipinski definition) is 24. The fourth-order valence-electron chi connectivity index (χ4n) is 15.3. The van der Waals surface area contributed by atoms with Gasteiger partial charge < -0.3 is 88.7 Å². The van der Waals surface area contributed by atoms with Crippen molar-refractivity contribution in [2.75, 3.05) is 26.4 Å². The molecule has 2 aliphatic heterocycles. The summed E-state index contributed by atoms with van der Waals surface area (Å²) in [6.45, 7) is 7.86. The first-order valence-electron chi connectivity index (χ1n) is 45.8. The molecule has 3 aliphatic rings. The summed E-state index contributed by atoms with van der Waals surface area (Å²) in [7, 11) is -5.81. The van der Waals surface area contributed by atoms with Gasteiger partial charge in [0.1, 0.15) is 92.6 Å². The number of allylic oxidation sites excluding steroid dienone is 2. The van der Waals surface area contributed by atoms with Crippen molar-refractivity contribution in [3.05, 3.63) is 12.2 Å². The summed E-state index contributed by atoms with van der Waals surface area (Å²) in [6.07, 6.45) is 22.4. The van der Waals surface area contributed by atoms with Crippen LogP contribution in [0.25, 0.3) is 0 Å². The van der Waals surface area contributed by atoms with Crippen molar-refractivity contribution in [2.45, 2.75) is 492 Å². The molecule has 0 aromatic rings. The summed E-state index contributed by atoms with van der Waals surface area (Å²) in [5.74, 6) is -2.35. The van der Waals surface area contributed by atoms with E-state index in [1.807, 2.05) is 0 Å². The highest BCUT2D eigenvalue weighted by Crippen LogP contribution is 2.49. The molecule has 10 N–H and O–H groups in total. The van der Waals surface area contributed by atoms with E-state index in [-0.39, 0.29) is 25.7 Å². The molecule has 25 nitrogen and oxygen atoms in total. The Labute approximate surface area is 686 Å². The second-order valence-corrected chi connectivity index (χ2v) is 34.5. The lowest BCUT2D eigenvalue weighted by Crippen LogP contribution is -2.70. The van der Waals surface area contributed by atoms with Crippen LogP contribution in [-0.4, -0.2) is 205 Å². The van der Waals surface area contributed by atoms with Gasteiger partial charge in [-0.3, -0.25) is 28.2 Å². The molecule has 0 radical (unpaired) electrons. The van der Waals surface area contributed by atoms with Crippen molar-refractivity contribution >= 4 is 31.7 Å². The number of ether oxygens (including phenoxy) is 8. The third-order valence-electron chi connectivity index (χ3n) is 22.7. The zero-order chi connectivity index (χ0) is 83.4. The lowest BCUT2D eigenvalue weighted by Gasteiger charge is -2.50. The molecule has 1 aliphatic carbocycles. The molecule has 670 valence electrons. The van der Waals surface area contributed by atoms with Crippen molar-refractivity contribution in [2.24, 2.45) is 5.92 Å². The van der Waals surface area contributed by atoms with E-state index in [0.717, 1.165) is 128 Å². The summed E-state index contributed by atoms with van der Waals surface area (Å²) >= 11 is 0. The monoisotopic (exact) mass is 1650 g/mol. The Morgan fingerprint density at radius 2 is 0.711 bits per heavy atom. The molecule has 0 amide bonds. The lowest BCUT2D eigenvalue weighted by atomic mass is 9.84. The minimum Gasteiger partial charge on any atom is -0.463 e. The fraction of sp³-hybridized carbons (Fsp3) is 0.932. The molecule has 2 heterocycles. The highest BCUT2D eigenvalue weighted by molar-refractivity contribution is 7.47. The number of hydrogen-bond donors (Lipinski definition) is 10. The Morgan fingerprint density at radius 1 is 0.368 bits per heavy atom. The Kier molecular flexibility index (Phi) is 61.8. The molecule has 1 saturated carbocycles. The number of phosphoric acid groups is 1. The highest BCUT2D eigenvalue weighted by Gasteiger charge is 2.60. The van der Waals surface area contributed by atoms with Crippen LogP contribution in [0.1, 0.15) is 388 Å². The summed E-state index contributed by atoms with van der Waals surface area (Å²) < 4.78 is 73.3. The van der Waals surface area contributed by atoms with Crippen LogP contribution in [0.5, 0.6) is 0 Å². The molecule has 26 heteroatoms. The molecule has 0 aromatic heterocycles. The van der Waals surface area contributed by atoms with E-state index in [9.17, 15) is 74.6 Å². The Bertz CT molecular complexity index is 2440. The van der Waals surface area contributed by atoms with E-state index >= 15 is 0 Å². The van der Waals surface area contributed by atoms with E-state index in [1.165, 1.54) is 167 Å². The number of rotatable bonds is 73. The van der Waals surface area contributed by atoms with Gasteiger partial charge in [-0.25, -0.2) is 4.57 Å². The van der Waals surface area contributed by atoms with Gasteiger partial charge in [0.05, 0.1) is 13.2 Å². The van der Waals surface area contributed by atoms with Gasteiger partial charge in [-0.05, 0) is 57.3 Å². The zero-order valence-corrected chi connectivity index (χ0v) is 72.2. The van der Waals surface area contributed by atoms with E-state index in [1.54, 1.807) is 0 Å². The van der Waals surface area contributed by atoms with Crippen LogP contribution in [-0.2, 0) is 70.7 Å². The first-order chi connectivity index (χ1) is 55.1. The SMILES string of the molecule is CCCCCCCC/C=C\CCCCCC(=O)OCC(COP(=O)(O)OC1C(OC2OC(CO)C(O)C(O)C2O)C(O)C(O)C(OC(=O)CCCCCCCCC(C)CCCCCCCC)C1OC1OC(COC(=O)CCCCCCCCCCCCCCC)C(O)C(O)C1O)OC(=O)CCCCCCCCCCCCCCC. The first-order valence-corrected chi connectivity index (χ1v) is 47.3. The largest absolute Gasteiger partial charge is 0.472 e. The number of esters is 4. The van der Waals surface area contributed by atoms with E-state index < -0.39 is 162 Å². The molecular weight excluding hydrogens is 1490 g/mol. The molecule has 0 spiro atoms. The molecule has 19 unspecified atom stereocenters. The smallest absolute Gasteiger partial charge is 0.463 e. The molecule has 2 saturated heterocycles. The van der Waals surface area contributed by atoms with Gasteiger partial charge in [-0.2, -0.15) is 0 Å². The first kappa shape index (κ1) is 105. The molecular formula is C88H163O25P. The van der Waals surface area contributed by atoms with Crippen molar-refractivity contribution in [3.8, 4) is 0 Å². The van der Waals surface area contributed by atoms with Gasteiger partial charge >= 0.3 is 31.7 Å². The van der Waals surface area contributed by atoms with Gasteiger partial charge in [0.2, 0.25) is 0 Å². The molecule has 0 bridgehead atoms. The van der Waals surface area contributed by atoms with Crippen molar-refractivity contribution < 1.29 is 122 Å². The third kappa shape index (κ3) is 47.4. The van der Waals surface area contributed by atoms with Crippen LogP contribution in [0.2, 0.25) is 0 Å². The van der Waals surface area contributed by atoms with E-state index in [2.05, 4.69) is 46.8 Å². The molecule has 19 atom stereocenters. The maximum Gasteiger partial charge on any atom is 0.472 e. The van der Waals surface area contributed by atoms with Gasteiger partial charge in [0.25, 0.3) is 0 Å². The maximum absolute atomic E-state index is 14.9. The van der Waals surface area contributed by atoms with Crippen molar-refractivity contribution in [1.29, 1.82) is 0 Å². The molecule has 114 heavy (non-hydrogen) atoms. The van der Waals surface area contributed by atoms with Crippen molar-refractivity contribution in [3.63, 3.8) is 0 Å². The second kappa shape index (κ2) is 66.9. The fourth-order valence-corrected chi connectivity index (χ4v) is 16.2. The predicted molar refractivity (Wildman–Crippen MR) is 439 cm³/mol. The average Bonchev–Trinajstić information content (AvgIpc) is 0.754. The summed E-state index contributed by atoms with van der Waals surface area (Å²) in [6, 6.07) is 0. The average molecular weight is 1650 g/mol. The van der Waals surface area contributed by atoms with Gasteiger partial charge in [-0.1, -0.05) is 323 Å². The highest BCUT2D eigenvalue weighted by atomic mass is 31.2. The standard InChI is InChI=1S/C88H163O25P/c1-6-10-14-18-22-25-28-31-34-37-40-47-53-59-71(90)104-64-68(107-73(92)61-55-49-42-39-36-33-30-27-24-20-16-12-8-3)65-106-114(102,103)113-86-84(111-87-81(100)77(96)75(94)69(63-89)108-87)80(99)79(98)83(110-74(93)62-56-50-44-43-46-52-58-67(5)57-51-45-21-17-13-9-4)85(86)112-88-82(101)78(97)76(95)70(109-88)66-105-72(91)60-54-48-41-38-35-32-29-26-23-19-15-11-7-2/h31,34,67-70,75-89,94-101H,6-30,32-33,35-66H2,1-5H3,(H,102,103)/b34-31-.